The van der Waals surface area contributed by atoms with Gasteiger partial charge in [0.15, 0.2) is 0 Å². The lowest BCUT2D eigenvalue weighted by Gasteiger charge is -2.29. The molecule has 0 aliphatic carbocycles. The number of benzene rings is 3. The van der Waals surface area contributed by atoms with Crippen LogP contribution in [0.25, 0.3) is 10.8 Å². The number of nitrogens with zero attached hydrogens (tertiary/aromatic N) is 1. The predicted octanol–water partition coefficient (Wildman–Crippen LogP) is 5.35. The van der Waals surface area contributed by atoms with Crippen molar-refractivity contribution in [2.45, 2.75) is 0 Å². The molecule has 0 bridgehead atoms. The molecule has 0 atom stereocenters. The van der Waals surface area contributed by atoms with Gasteiger partial charge < -0.3 is 19.7 Å². The van der Waals surface area contributed by atoms with Crippen LogP contribution in [0.15, 0.2) is 53.0 Å². The zero-order chi connectivity index (χ0) is 20.4. The first-order valence-corrected chi connectivity index (χ1v) is 10.4. The summed E-state index contributed by atoms with van der Waals surface area (Å²) >= 11 is 10.1. The fourth-order valence-electron chi connectivity index (χ4n) is 3.50. The topological polar surface area (TPSA) is 50.8 Å². The van der Waals surface area contributed by atoms with Gasteiger partial charge in [0.25, 0.3) is 5.91 Å². The summed E-state index contributed by atoms with van der Waals surface area (Å²) in [5.41, 5.74) is 2.02. The molecule has 0 unspecified atom stereocenters. The second kappa shape index (κ2) is 8.61. The molecule has 1 heterocycles. The number of methoxy groups -OCH3 is 1. The molecule has 0 spiro atoms. The molecule has 0 aromatic heterocycles. The van der Waals surface area contributed by atoms with Gasteiger partial charge in [-0.05, 0) is 51.0 Å². The fraction of sp³-hybridized carbons (Fsp3) is 0.227. The number of amides is 1. The van der Waals surface area contributed by atoms with Crippen molar-refractivity contribution in [3.05, 3.63) is 63.6 Å². The van der Waals surface area contributed by atoms with Crippen LogP contribution in [0.1, 0.15) is 10.4 Å². The fourth-order valence-corrected chi connectivity index (χ4v) is 4.53. The van der Waals surface area contributed by atoms with Gasteiger partial charge in [0, 0.05) is 18.8 Å². The number of hydrogen-bond donors (Lipinski definition) is 1. The predicted molar refractivity (Wildman–Crippen MR) is 121 cm³/mol. The van der Waals surface area contributed by atoms with Gasteiger partial charge in [-0.3, -0.25) is 4.79 Å². The summed E-state index contributed by atoms with van der Waals surface area (Å²) in [6, 6.07) is 15.2. The smallest absolute Gasteiger partial charge is 0.259 e. The van der Waals surface area contributed by atoms with Crippen LogP contribution in [0.4, 0.5) is 11.4 Å². The second-order valence-electron chi connectivity index (χ2n) is 6.71. The lowest BCUT2D eigenvalue weighted by molar-refractivity contribution is 0.102. The molecule has 0 saturated carbocycles. The zero-order valence-corrected chi connectivity index (χ0v) is 18.2. The molecule has 1 fully saturated rings. The quantitative estimate of drug-likeness (QED) is 0.552. The van der Waals surface area contributed by atoms with Crippen LogP contribution >= 0.6 is 27.5 Å². The third-order valence-corrected chi connectivity index (χ3v) is 6.04. The van der Waals surface area contributed by atoms with Crippen LogP contribution in [-0.4, -0.2) is 39.3 Å². The Morgan fingerprint density at radius 1 is 1.17 bits per heavy atom. The molecule has 1 aliphatic heterocycles. The van der Waals surface area contributed by atoms with E-state index in [1.54, 1.807) is 13.2 Å². The van der Waals surface area contributed by atoms with Crippen molar-refractivity contribution in [3.8, 4) is 5.75 Å². The average Bonchev–Trinajstić information content (AvgIpc) is 2.74. The maximum absolute atomic E-state index is 13.0. The van der Waals surface area contributed by atoms with Gasteiger partial charge in [-0.25, -0.2) is 0 Å². The highest BCUT2D eigenvalue weighted by Crippen LogP contribution is 2.37. The number of fused-ring (bicyclic) bond motifs is 1. The van der Waals surface area contributed by atoms with E-state index >= 15 is 0 Å². The van der Waals surface area contributed by atoms with Crippen LogP contribution in [0, 0.1) is 0 Å². The lowest BCUT2D eigenvalue weighted by Crippen LogP contribution is -2.36. The number of nitrogens with one attached hydrogen (secondary N) is 1. The molecule has 4 rings (SSSR count). The van der Waals surface area contributed by atoms with Gasteiger partial charge in [0.05, 0.1) is 41.1 Å². The van der Waals surface area contributed by atoms with Crippen molar-refractivity contribution in [1.82, 2.24) is 0 Å². The normalized spacial score (nSPS) is 14.1. The maximum Gasteiger partial charge on any atom is 0.259 e. The summed E-state index contributed by atoms with van der Waals surface area (Å²) in [7, 11) is 1.56. The van der Waals surface area contributed by atoms with Crippen LogP contribution in [-0.2, 0) is 4.74 Å². The SMILES string of the molecule is COc1c(C(=O)Nc2ccc(N3CCOCC3)c(Cl)c2)cc2ccccc2c1Br. The summed E-state index contributed by atoms with van der Waals surface area (Å²) in [5.74, 6) is 0.237. The summed E-state index contributed by atoms with van der Waals surface area (Å²) in [5, 5.41) is 5.46. The van der Waals surface area contributed by atoms with Gasteiger partial charge in [-0.15, -0.1) is 0 Å². The first-order chi connectivity index (χ1) is 14.1. The van der Waals surface area contributed by atoms with Gasteiger partial charge in [0.1, 0.15) is 5.75 Å². The number of anilines is 2. The number of halogens is 2. The van der Waals surface area contributed by atoms with Crippen molar-refractivity contribution in [2.75, 3.05) is 43.6 Å². The molecule has 3 aromatic carbocycles. The third-order valence-electron chi connectivity index (χ3n) is 4.95. The van der Waals surface area contributed by atoms with E-state index in [0.29, 0.717) is 35.2 Å². The molecule has 150 valence electrons. The maximum atomic E-state index is 13.0. The molecular weight excluding hydrogens is 456 g/mol. The van der Waals surface area contributed by atoms with E-state index in [0.717, 1.165) is 34.0 Å². The molecular formula is C22H20BrClN2O3. The number of hydrogen-bond acceptors (Lipinski definition) is 4. The molecule has 1 amide bonds. The standard InChI is InChI=1S/C22H20BrClN2O3/c1-28-21-17(12-14-4-2-3-5-16(14)20(21)23)22(27)25-15-6-7-19(18(24)13-15)26-8-10-29-11-9-26/h2-7,12-13H,8-11H2,1H3,(H,25,27). The highest BCUT2D eigenvalue weighted by Gasteiger charge is 2.19. The Kier molecular flexibility index (Phi) is 5.94. The van der Waals surface area contributed by atoms with E-state index in [2.05, 4.69) is 26.1 Å². The first kappa shape index (κ1) is 20.0. The largest absolute Gasteiger partial charge is 0.495 e. The Morgan fingerprint density at radius 2 is 1.93 bits per heavy atom. The van der Waals surface area contributed by atoms with E-state index in [-0.39, 0.29) is 5.91 Å². The Labute approximate surface area is 182 Å². The third kappa shape index (κ3) is 4.06. The van der Waals surface area contributed by atoms with Crippen LogP contribution in [0.2, 0.25) is 5.02 Å². The average molecular weight is 476 g/mol. The van der Waals surface area contributed by atoms with Crippen molar-refractivity contribution in [1.29, 1.82) is 0 Å². The molecule has 0 radical (unpaired) electrons. The lowest BCUT2D eigenvalue weighted by atomic mass is 10.0. The van der Waals surface area contributed by atoms with Crippen molar-refractivity contribution >= 4 is 55.6 Å². The Morgan fingerprint density at radius 3 is 2.66 bits per heavy atom. The summed E-state index contributed by atoms with van der Waals surface area (Å²) in [6.07, 6.45) is 0. The summed E-state index contributed by atoms with van der Waals surface area (Å²) < 4.78 is 11.7. The Balaban J connectivity index is 1.62. The Bertz CT molecular complexity index is 1070. The molecule has 7 heteroatoms. The molecule has 5 nitrogen and oxygen atoms in total. The minimum Gasteiger partial charge on any atom is -0.495 e. The first-order valence-electron chi connectivity index (χ1n) is 9.27. The Hall–Kier alpha value is -2.28. The summed E-state index contributed by atoms with van der Waals surface area (Å²) in [4.78, 5) is 15.2. The van der Waals surface area contributed by atoms with Crippen molar-refractivity contribution < 1.29 is 14.3 Å². The van der Waals surface area contributed by atoms with Gasteiger partial charge >= 0.3 is 0 Å². The molecule has 1 N–H and O–H groups in total. The van der Waals surface area contributed by atoms with E-state index in [1.165, 1.54) is 0 Å². The van der Waals surface area contributed by atoms with Crippen LogP contribution in [0.3, 0.4) is 0 Å². The monoisotopic (exact) mass is 474 g/mol. The highest BCUT2D eigenvalue weighted by atomic mass is 79.9. The van der Waals surface area contributed by atoms with Crippen LogP contribution < -0.4 is 15.0 Å². The van der Waals surface area contributed by atoms with E-state index in [1.807, 2.05) is 42.5 Å². The number of ether oxygens (including phenoxy) is 2. The van der Waals surface area contributed by atoms with E-state index in [9.17, 15) is 4.79 Å². The van der Waals surface area contributed by atoms with Crippen molar-refractivity contribution in [2.24, 2.45) is 0 Å². The number of carbonyl (C=O) groups excluding carboxylic acids is 1. The summed E-state index contributed by atoms with van der Waals surface area (Å²) in [6.45, 7) is 2.97. The molecule has 29 heavy (non-hydrogen) atoms. The molecule has 1 aliphatic rings. The highest BCUT2D eigenvalue weighted by molar-refractivity contribution is 9.10. The van der Waals surface area contributed by atoms with Gasteiger partial charge in [-0.1, -0.05) is 35.9 Å². The number of carbonyl (C=O) groups is 1. The number of rotatable bonds is 4. The molecule has 3 aromatic rings. The van der Waals surface area contributed by atoms with Crippen LogP contribution in [0.5, 0.6) is 5.75 Å². The minimum absolute atomic E-state index is 0.261. The zero-order valence-electron chi connectivity index (χ0n) is 15.9. The van der Waals surface area contributed by atoms with Gasteiger partial charge in [-0.2, -0.15) is 0 Å². The van der Waals surface area contributed by atoms with E-state index in [4.69, 9.17) is 21.1 Å². The van der Waals surface area contributed by atoms with E-state index < -0.39 is 0 Å². The molecule has 1 saturated heterocycles. The van der Waals surface area contributed by atoms with Gasteiger partial charge in [0.2, 0.25) is 0 Å². The second-order valence-corrected chi connectivity index (χ2v) is 7.91. The van der Waals surface area contributed by atoms with Crippen molar-refractivity contribution in [3.63, 3.8) is 0 Å². The minimum atomic E-state index is -0.261. The number of morpholine rings is 1.